The molecule has 0 amide bonds. The van der Waals surface area contributed by atoms with Crippen LogP contribution in [0.2, 0.25) is 0 Å². The highest BCUT2D eigenvalue weighted by Gasteiger charge is 2.24. The molecule has 4 rings (SSSR count). The van der Waals surface area contributed by atoms with Crippen LogP contribution in [0.4, 0.5) is 5.69 Å². The average molecular weight is 281 g/mol. The first-order valence-electron chi connectivity index (χ1n) is 7.61. The molecule has 21 heavy (non-hydrogen) atoms. The second kappa shape index (κ2) is 5.08. The van der Waals surface area contributed by atoms with Crippen LogP contribution in [-0.2, 0) is 6.42 Å². The fourth-order valence-electron chi connectivity index (χ4n) is 2.91. The Labute approximate surface area is 124 Å². The molecule has 1 aliphatic heterocycles. The van der Waals surface area contributed by atoms with Crippen molar-refractivity contribution in [2.75, 3.05) is 11.9 Å². The van der Waals surface area contributed by atoms with E-state index in [0.717, 1.165) is 48.4 Å². The van der Waals surface area contributed by atoms with Crippen molar-refractivity contribution in [2.24, 2.45) is 0 Å². The Kier molecular flexibility index (Phi) is 3.08. The molecular formula is C18H19NO2. The van der Waals surface area contributed by atoms with Gasteiger partial charge in [0.15, 0.2) is 0 Å². The molecule has 0 spiro atoms. The molecule has 1 fully saturated rings. The van der Waals surface area contributed by atoms with Crippen molar-refractivity contribution >= 4 is 5.69 Å². The third-order valence-corrected chi connectivity index (χ3v) is 4.17. The van der Waals surface area contributed by atoms with Crippen LogP contribution in [0.1, 0.15) is 35.6 Å². The number of aliphatic hydroxyl groups excluding tert-OH is 1. The van der Waals surface area contributed by atoms with Crippen molar-refractivity contribution in [1.29, 1.82) is 0 Å². The number of para-hydroxylation sites is 1. The van der Waals surface area contributed by atoms with Gasteiger partial charge in [-0.15, -0.1) is 0 Å². The van der Waals surface area contributed by atoms with Gasteiger partial charge in [0.25, 0.3) is 0 Å². The molecule has 0 bridgehead atoms. The predicted octanol–water partition coefficient (Wildman–Crippen LogP) is 3.28. The van der Waals surface area contributed by atoms with Gasteiger partial charge in [0, 0.05) is 17.8 Å². The van der Waals surface area contributed by atoms with Crippen LogP contribution in [0, 0.1) is 0 Å². The van der Waals surface area contributed by atoms with E-state index >= 15 is 0 Å². The van der Waals surface area contributed by atoms with Gasteiger partial charge in [0.2, 0.25) is 0 Å². The van der Waals surface area contributed by atoms with Crippen LogP contribution in [0.5, 0.6) is 5.75 Å². The Bertz CT molecular complexity index is 664. The van der Waals surface area contributed by atoms with E-state index in [9.17, 15) is 5.11 Å². The van der Waals surface area contributed by atoms with Gasteiger partial charge in [-0.25, -0.2) is 0 Å². The maximum atomic E-state index is 10.7. The van der Waals surface area contributed by atoms with E-state index in [1.54, 1.807) is 0 Å². The summed E-state index contributed by atoms with van der Waals surface area (Å²) in [5.74, 6) is 0.856. The summed E-state index contributed by atoms with van der Waals surface area (Å²) in [4.78, 5) is 0. The molecular weight excluding hydrogens is 262 g/mol. The summed E-state index contributed by atoms with van der Waals surface area (Å²) >= 11 is 0. The molecule has 2 aromatic rings. The SMILES string of the molecule is OC(c1cccc(OC2CC2)c1)c1cccc2c1NCC2. The summed E-state index contributed by atoms with van der Waals surface area (Å²) in [6, 6.07) is 14.0. The topological polar surface area (TPSA) is 41.5 Å². The molecule has 3 heteroatoms. The summed E-state index contributed by atoms with van der Waals surface area (Å²) in [5, 5.41) is 14.1. The molecule has 2 N–H and O–H groups in total. The zero-order chi connectivity index (χ0) is 14.2. The number of hydrogen-bond acceptors (Lipinski definition) is 3. The normalized spacial score (nSPS) is 18.0. The van der Waals surface area contributed by atoms with Crippen molar-refractivity contribution in [1.82, 2.24) is 0 Å². The first kappa shape index (κ1) is 12.7. The quantitative estimate of drug-likeness (QED) is 0.903. The monoisotopic (exact) mass is 281 g/mol. The molecule has 1 aliphatic carbocycles. The second-order valence-electron chi connectivity index (χ2n) is 5.85. The Morgan fingerprint density at radius 2 is 2.00 bits per heavy atom. The summed E-state index contributed by atoms with van der Waals surface area (Å²) in [6.45, 7) is 0.948. The Balaban J connectivity index is 1.65. The fourth-order valence-corrected chi connectivity index (χ4v) is 2.91. The summed E-state index contributed by atoms with van der Waals surface area (Å²) in [6.07, 6.45) is 3.07. The highest BCUT2D eigenvalue weighted by Crippen LogP contribution is 2.35. The number of ether oxygens (including phenoxy) is 1. The Morgan fingerprint density at radius 1 is 1.14 bits per heavy atom. The standard InChI is InChI=1S/C18H19NO2/c20-18(16-6-2-3-12-9-10-19-17(12)16)13-4-1-5-15(11-13)21-14-7-8-14/h1-6,11,14,18-20H,7-10H2. The summed E-state index contributed by atoms with van der Waals surface area (Å²) < 4.78 is 5.82. The zero-order valence-electron chi connectivity index (χ0n) is 11.9. The van der Waals surface area contributed by atoms with Gasteiger partial charge in [-0.3, -0.25) is 0 Å². The number of hydrogen-bond donors (Lipinski definition) is 2. The minimum atomic E-state index is -0.617. The molecule has 1 atom stereocenters. The number of rotatable bonds is 4. The van der Waals surface area contributed by atoms with Gasteiger partial charge < -0.3 is 15.2 Å². The highest BCUT2D eigenvalue weighted by atomic mass is 16.5. The lowest BCUT2D eigenvalue weighted by Gasteiger charge is -2.16. The molecule has 1 saturated carbocycles. The van der Waals surface area contributed by atoms with Crippen LogP contribution >= 0.6 is 0 Å². The van der Waals surface area contributed by atoms with Crippen LogP contribution < -0.4 is 10.1 Å². The smallest absolute Gasteiger partial charge is 0.120 e. The van der Waals surface area contributed by atoms with Crippen molar-refractivity contribution in [3.05, 3.63) is 59.2 Å². The van der Waals surface area contributed by atoms with E-state index in [0.29, 0.717) is 6.10 Å². The number of benzene rings is 2. The van der Waals surface area contributed by atoms with Crippen molar-refractivity contribution in [2.45, 2.75) is 31.5 Å². The number of fused-ring (bicyclic) bond motifs is 1. The molecule has 1 unspecified atom stereocenters. The maximum Gasteiger partial charge on any atom is 0.120 e. The molecule has 3 nitrogen and oxygen atoms in total. The summed E-state index contributed by atoms with van der Waals surface area (Å²) in [5.41, 5.74) is 4.22. The number of nitrogens with one attached hydrogen (secondary N) is 1. The lowest BCUT2D eigenvalue weighted by molar-refractivity contribution is 0.220. The zero-order valence-corrected chi connectivity index (χ0v) is 11.9. The Morgan fingerprint density at radius 3 is 2.86 bits per heavy atom. The van der Waals surface area contributed by atoms with Gasteiger partial charge in [-0.1, -0.05) is 30.3 Å². The van der Waals surface area contributed by atoms with E-state index in [1.807, 2.05) is 36.4 Å². The minimum Gasteiger partial charge on any atom is -0.490 e. The van der Waals surface area contributed by atoms with E-state index in [4.69, 9.17) is 4.74 Å². The van der Waals surface area contributed by atoms with E-state index in [2.05, 4.69) is 11.4 Å². The first-order valence-corrected chi connectivity index (χ1v) is 7.61. The van der Waals surface area contributed by atoms with Crippen LogP contribution in [0.25, 0.3) is 0 Å². The van der Waals surface area contributed by atoms with Crippen LogP contribution in [0.15, 0.2) is 42.5 Å². The van der Waals surface area contributed by atoms with Gasteiger partial charge in [-0.05, 0) is 42.5 Å². The van der Waals surface area contributed by atoms with Crippen molar-refractivity contribution in [3.63, 3.8) is 0 Å². The highest BCUT2D eigenvalue weighted by molar-refractivity contribution is 5.63. The molecule has 2 aromatic carbocycles. The van der Waals surface area contributed by atoms with Gasteiger partial charge in [-0.2, -0.15) is 0 Å². The van der Waals surface area contributed by atoms with E-state index in [1.165, 1.54) is 5.56 Å². The van der Waals surface area contributed by atoms with Crippen molar-refractivity contribution in [3.8, 4) is 5.75 Å². The van der Waals surface area contributed by atoms with Crippen molar-refractivity contribution < 1.29 is 9.84 Å². The Hall–Kier alpha value is -2.00. The third-order valence-electron chi connectivity index (χ3n) is 4.17. The van der Waals surface area contributed by atoms with Gasteiger partial charge in [0.05, 0.1) is 6.10 Å². The van der Waals surface area contributed by atoms with Gasteiger partial charge >= 0.3 is 0 Å². The lowest BCUT2D eigenvalue weighted by Crippen LogP contribution is -2.04. The molecule has 0 aromatic heterocycles. The first-order chi connectivity index (χ1) is 10.3. The van der Waals surface area contributed by atoms with Crippen LogP contribution in [0.3, 0.4) is 0 Å². The third kappa shape index (κ3) is 2.49. The molecule has 0 radical (unpaired) electrons. The minimum absolute atomic E-state index is 0.375. The van der Waals surface area contributed by atoms with Crippen LogP contribution in [-0.4, -0.2) is 17.8 Å². The maximum absolute atomic E-state index is 10.7. The molecule has 108 valence electrons. The average Bonchev–Trinajstić information content (AvgIpc) is 3.19. The fraction of sp³-hybridized carbons (Fsp3) is 0.333. The lowest BCUT2D eigenvalue weighted by atomic mass is 9.97. The number of aliphatic hydroxyl groups is 1. The molecule has 2 aliphatic rings. The largest absolute Gasteiger partial charge is 0.490 e. The van der Waals surface area contributed by atoms with Gasteiger partial charge in [0.1, 0.15) is 11.9 Å². The van der Waals surface area contributed by atoms with E-state index in [-0.39, 0.29) is 0 Å². The molecule has 0 saturated heterocycles. The second-order valence-corrected chi connectivity index (χ2v) is 5.85. The number of anilines is 1. The predicted molar refractivity (Wildman–Crippen MR) is 82.8 cm³/mol. The van der Waals surface area contributed by atoms with E-state index < -0.39 is 6.10 Å². The molecule has 1 heterocycles. The summed E-state index contributed by atoms with van der Waals surface area (Å²) in [7, 11) is 0.